The molecule has 5 heteroatoms. The van der Waals surface area contributed by atoms with E-state index < -0.39 is 5.97 Å². The van der Waals surface area contributed by atoms with Gasteiger partial charge in [-0.1, -0.05) is 70.6 Å². The highest BCUT2D eigenvalue weighted by molar-refractivity contribution is 7.97. The molecule has 154 valence electrons. The van der Waals surface area contributed by atoms with Crippen molar-refractivity contribution in [1.29, 1.82) is 0 Å². The smallest absolute Gasteiger partial charge is 0.303 e. The topological polar surface area (TPSA) is 72.5 Å². The van der Waals surface area contributed by atoms with Crippen molar-refractivity contribution >= 4 is 17.9 Å². The SMILES string of the molecule is NSc1ccc(OCCCCCCCCCCCCCCCC(=O)O)cc1. The second-order valence-corrected chi connectivity index (χ2v) is 7.88. The number of aliphatic carboxylic acids is 1. The van der Waals surface area contributed by atoms with E-state index in [1.165, 1.54) is 76.2 Å². The lowest BCUT2D eigenvalue weighted by Gasteiger charge is -2.06. The number of benzene rings is 1. The molecule has 0 unspecified atom stereocenters. The van der Waals surface area contributed by atoms with Gasteiger partial charge in [-0.3, -0.25) is 9.93 Å². The predicted octanol–water partition coefficient (Wildman–Crippen LogP) is 6.58. The van der Waals surface area contributed by atoms with Crippen LogP contribution in [-0.2, 0) is 4.79 Å². The molecule has 0 aliphatic carbocycles. The molecule has 0 saturated heterocycles. The Morgan fingerprint density at radius 1 is 0.778 bits per heavy atom. The van der Waals surface area contributed by atoms with Crippen molar-refractivity contribution in [2.24, 2.45) is 5.14 Å². The molecule has 0 aliphatic heterocycles. The van der Waals surface area contributed by atoms with E-state index >= 15 is 0 Å². The number of carboxylic acids is 1. The summed E-state index contributed by atoms with van der Waals surface area (Å²) in [5, 5.41) is 14.1. The van der Waals surface area contributed by atoms with Gasteiger partial charge >= 0.3 is 5.97 Å². The van der Waals surface area contributed by atoms with Crippen LogP contribution in [0.25, 0.3) is 0 Å². The third-order valence-electron chi connectivity index (χ3n) is 4.76. The average Bonchev–Trinajstić information content (AvgIpc) is 2.68. The van der Waals surface area contributed by atoms with Crippen molar-refractivity contribution in [2.45, 2.75) is 94.8 Å². The van der Waals surface area contributed by atoms with Gasteiger partial charge in [0.1, 0.15) is 5.75 Å². The van der Waals surface area contributed by atoms with Crippen LogP contribution in [0.3, 0.4) is 0 Å². The van der Waals surface area contributed by atoms with Gasteiger partial charge in [-0.2, -0.15) is 0 Å². The van der Waals surface area contributed by atoms with Gasteiger partial charge in [0.15, 0.2) is 0 Å². The van der Waals surface area contributed by atoms with E-state index in [1.807, 2.05) is 24.3 Å². The molecule has 1 aromatic carbocycles. The number of unbranched alkanes of at least 4 members (excludes halogenated alkanes) is 12. The zero-order valence-electron chi connectivity index (χ0n) is 16.7. The van der Waals surface area contributed by atoms with Crippen LogP contribution in [0.5, 0.6) is 5.75 Å². The molecular formula is C22H37NO3S. The molecule has 1 rings (SSSR count). The standard InChI is InChI=1S/C22H37NO3S/c23-27-21-17-15-20(16-18-21)26-19-13-11-9-7-5-3-1-2-4-6-8-10-12-14-22(24)25/h15-18H,1-14,19,23H2,(H,24,25). The van der Waals surface area contributed by atoms with Crippen molar-refractivity contribution < 1.29 is 14.6 Å². The molecule has 0 radical (unpaired) electrons. The van der Waals surface area contributed by atoms with Crippen LogP contribution in [0.1, 0.15) is 89.9 Å². The predicted molar refractivity (Wildman–Crippen MR) is 114 cm³/mol. The number of nitrogens with two attached hydrogens (primary N) is 1. The Morgan fingerprint density at radius 3 is 1.67 bits per heavy atom. The fourth-order valence-electron chi connectivity index (χ4n) is 3.13. The van der Waals surface area contributed by atoms with Crippen LogP contribution in [-0.4, -0.2) is 17.7 Å². The van der Waals surface area contributed by atoms with Crippen LogP contribution in [0.4, 0.5) is 0 Å². The largest absolute Gasteiger partial charge is 0.494 e. The second-order valence-electron chi connectivity index (χ2n) is 7.18. The number of hydrogen-bond donors (Lipinski definition) is 2. The van der Waals surface area contributed by atoms with Gasteiger partial charge in [0.05, 0.1) is 6.61 Å². The first kappa shape index (κ1) is 23.8. The summed E-state index contributed by atoms with van der Waals surface area (Å²) in [4.78, 5) is 11.5. The molecule has 27 heavy (non-hydrogen) atoms. The minimum atomic E-state index is -0.667. The summed E-state index contributed by atoms with van der Waals surface area (Å²) in [6.45, 7) is 0.793. The average molecular weight is 396 g/mol. The van der Waals surface area contributed by atoms with E-state index in [0.717, 1.165) is 36.5 Å². The number of ether oxygens (including phenoxy) is 1. The lowest BCUT2D eigenvalue weighted by molar-refractivity contribution is -0.137. The van der Waals surface area contributed by atoms with E-state index in [0.29, 0.717) is 6.42 Å². The van der Waals surface area contributed by atoms with Crippen molar-refractivity contribution in [3.8, 4) is 5.75 Å². The minimum absolute atomic E-state index is 0.327. The van der Waals surface area contributed by atoms with Crippen molar-refractivity contribution in [2.75, 3.05) is 6.61 Å². The van der Waals surface area contributed by atoms with Crippen molar-refractivity contribution in [3.05, 3.63) is 24.3 Å². The Balaban J connectivity index is 1.77. The molecule has 3 N–H and O–H groups in total. The van der Waals surface area contributed by atoms with Gasteiger partial charge < -0.3 is 9.84 Å². The molecular weight excluding hydrogens is 358 g/mol. The maximum absolute atomic E-state index is 10.4. The fraction of sp³-hybridized carbons (Fsp3) is 0.682. The van der Waals surface area contributed by atoms with Gasteiger partial charge in [-0.25, -0.2) is 0 Å². The first-order chi connectivity index (χ1) is 13.2. The highest BCUT2D eigenvalue weighted by Gasteiger charge is 1.98. The lowest BCUT2D eigenvalue weighted by Crippen LogP contribution is -1.97. The number of carbonyl (C=O) groups is 1. The highest BCUT2D eigenvalue weighted by Crippen LogP contribution is 2.18. The molecule has 0 heterocycles. The summed E-state index contributed by atoms with van der Waals surface area (Å²) in [6.07, 6.45) is 16.3. The van der Waals surface area contributed by atoms with E-state index in [1.54, 1.807) is 0 Å². The first-order valence-corrected chi connectivity index (χ1v) is 11.4. The molecule has 1 aromatic rings. The van der Waals surface area contributed by atoms with Gasteiger partial charge in [-0.05, 0) is 49.1 Å². The molecule has 0 amide bonds. The van der Waals surface area contributed by atoms with Gasteiger partial charge in [0.2, 0.25) is 0 Å². The van der Waals surface area contributed by atoms with E-state index in [9.17, 15) is 4.79 Å². The normalized spacial score (nSPS) is 10.9. The molecule has 4 nitrogen and oxygen atoms in total. The Kier molecular flexibility index (Phi) is 15.0. The monoisotopic (exact) mass is 395 g/mol. The van der Waals surface area contributed by atoms with E-state index in [2.05, 4.69) is 0 Å². The van der Waals surface area contributed by atoms with Gasteiger partial charge in [-0.15, -0.1) is 0 Å². The van der Waals surface area contributed by atoms with Gasteiger partial charge in [0, 0.05) is 11.3 Å². The van der Waals surface area contributed by atoms with E-state index in [4.69, 9.17) is 15.0 Å². The number of hydrogen-bond acceptors (Lipinski definition) is 4. The van der Waals surface area contributed by atoms with Crippen LogP contribution in [0, 0.1) is 0 Å². The van der Waals surface area contributed by atoms with Crippen LogP contribution < -0.4 is 9.88 Å². The Morgan fingerprint density at radius 2 is 1.22 bits per heavy atom. The maximum Gasteiger partial charge on any atom is 0.303 e. The molecule has 0 bridgehead atoms. The molecule has 0 fully saturated rings. The summed E-state index contributed by atoms with van der Waals surface area (Å²) < 4.78 is 5.75. The van der Waals surface area contributed by atoms with Crippen LogP contribution >= 0.6 is 11.9 Å². The third-order valence-corrected chi connectivity index (χ3v) is 5.31. The maximum atomic E-state index is 10.4. The Labute approximate surface area is 169 Å². The second kappa shape index (κ2) is 16.9. The minimum Gasteiger partial charge on any atom is -0.494 e. The van der Waals surface area contributed by atoms with E-state index in [-0.39, 0.29) is 0 Å². The molecule has 0 aliphatic rings. The zero-order chi connectivity index (χ0) is 19.6. The lowest BCUT2D eigenvalue weighted by atomic mass is 10.0. The van der Waals surface area contributed by atoms with Crippen molar-refractivity contribution in [3.63, 3.8) is 0 Å². The molecule has 0 saturated carbocycles. The molecule has 0 spiro atoms. The molecule has 0 atom stereocenters. The Bertz CT molecular complexity index is 479. The number of carboxylic acid groups (broad SMARTS) is 1. The molecule has 0 aromatic heterocycles. The highest BCUT2D eigenvalue weighted by atomic mass is 32.2. The Hall–Kier alpha value is -1.20. The van der Waals surface area contributed by atoms with Crippen LogP contribution in [0.2, 0.25) is 0 Å². The van der Waals surface area contributed by atoms with Crippen LogP contribution in [0.15, 0.2) is 29.2 Å². The summed E-state index contributed by atoms with van der Waals surface area (Å²) in [7, 11) is 0. The summed E-state index contributed by atoms with van der Waals surface area (Å²) in [6, 6.07) is 7.93. The quantitative estimate of drug-likeness (QED) is 0.217. The summed E-state index contributed by atoms with van der Waals surface area (Å²) >= 11 is 1.25. The third kappa shape index (κ3) is 14.5. The summed E-state index contributed by atoms with van der Waals surface area (Å²) in [5.41, 5.74) is 0. The zero-order valence-corrected chi connectivity index (χ0v) is 17.5. The van der Waals surface area contributed by atoms with Gasteiger partial charge in [0.25, 0.3) is 0 Å². The first-order valence-electron chi connectivity index (χ1n) is 10.5. The number of rotatable bonds is 18. The summed E-state index contributed by atoms with van der Waals surface area (Å²) in [5.74, 6) is 0.258. The fourth-order valence-corrected chi connectivity index (χ4v) is 3.42. The van der Waals surface area contributed by atoms with Crippen molar-refractivity contribution in [1.82, 2.24) is 0 Å².